The smallest absolute Gasteiger partial charge is 0.176 e. The van der Waals surface area contributed by atoms with Crippen LogP contribution >= 0.6 is 23.8 Å². The van der Waals surface area contributed by atoms with Crippen molar-refractivity contribution < 1.29 is 4.74 Å². The van der Waals surface area contributed by atoms with Crippen LogP contribution in [0.1, 0.15) is 0 Å². The van der Waals surface area contributed by atoms with Crippen LogP contribution in [0, 0.1) is 0 Å². The minimum Gasteiger partial charge on any atom is -0.495 e. The van der Waals surface area contributed by atoms with Crippen LogP contribution in [0.25, 0.3) is 0 Å². The first-order chi connectivity index (χ1) is 9.19. The number of rotatable bonds is 3. The lowest BCUT2D eigenvalue weighted by Gasteiger charge is -2.11. The number of methoxy groups -OCH3 is 1. The van der Waals surface area contributed by atoms with Crippen LogP contribution in [0.3, 0.4) is 0 Å². The number of pyridine rings is 1. The van der Waals surface area contributed by atoms with Crippen molar-refractivity contribution in [1.29, 1.82) is 0 Å². The maximum atomic E-state index is 6.03. The fraction of sp³-hybridized carbons (Fsp3) is 0.0769. The van der Waals surface area contributed by atoms with Gasteiger partial charge in [-0.3, -0.25) is 0 Å². The fourth-order valence-corrected chi connectivity index (χ4v) is 1.80. The predicted octanol–water partition coefficient (Wildman–Crippen LogP) is 3.55. The number of benzene rings is 1. The normalized spacial score (nSPS) is 9.79. The number of thiocarbonyl (C=S) groups is 1. The third-order valence-electron chi connectivity index (χ3n) is 2.34. The Labute approximate surface area is 121 Å². The Morgan fingerprint density at radius 2 is 2.00 bits per heavy atom. The SMILES string of the molecule is COc1ccc(NC(=S)Nc2ccccc2Cl)nc1. The molecule has 1 heterocycles. The molecule has 0 saturated heterocycles. The van der Waals surface area contributed by atoms with Crippen molar-refractivity contribution in [3.05, 3.63) is 47.6 Å². The highest BCUT2D eigenvalue weighted by atomic mass is 35.5. The Hall–Kier alpha value is -1.85. The van der Waals surface area contributed by atoms with Crippen LogP contribution in [-0.4, -0.2) is 17.2 Å². The summed E-state index contributed by atoms with van der Waals surface area (Å²) in [5.74, 6) is 1.32. The molecule has 2 aromatic rings. The first kappa shape index (κ1) is 13.6. The summed E-state index contributed by atoms with van der Waals surface area (Å²) in [7, 11) is 1.59. The summed E-state index contributed by atoms with van der Waals surface area (Å²) >= 11 is 11.2. The van der Waals surface area contributed by atoms with E-state index in [1.54, 1.807) is 31.5 Å². The first-order valence-electron chi connectivity index (χ1n) is 5.51. The van der Waals surface area contributed by atoms with E-state index in [9.17, 15) is 0 Å². The standard InChI is InChI=1S/C13H12ClN3OS/c1-18-9-6-7-12(15-8-9)17-13(19)16-11-5-3-2-4-10(11)14/h2-8H,1H3,(H2,15,16,17,19). The minimum absolute atomic E-state index is 0.422. The largest absolute Gasteiger partial charge is 0.495 e. The van der Waals surface area contributed by atoms with Gasteiger partial charge in [0.15, 0.2) is 5.11 Å². The highest BCUT2D eigenvalue weighted by molar-refractivity contribution is 7.80. The number of anilines is 2. The monoisotopic (exact) mass is 293 g/mol. The van der Waals surface area contributed by atoms with Crippen molar-refractivity contribution >= 4 is 40.4 Å². The Bertz CT molecular complexity index is 574. The van der Waals surface area contributed by atoms with Crippen molar-refractivity contribution in [3.63, 3.8) is 0 Å². The number of hydrogen-bond acceptors (Lipinski definition) is 3. The summed E-state index contributed by atoms with van der Waals surface area (Å²) in [5.41, 5.74) is 0.746. The maximum Gasteiger partial charge on any atom is 0.176 e. The molecule has 2 N–H and O–H groups in total. The molecular weight excluding hydrogens is 282 g/mol. The third-order valence-corrected chi connectivity index (χ3v) is 2.87. The zero-order valence-electron chi connectivity index (χ0n) is 10.2. The van der Waals surface area contributed by atoms with Gasteiger partial charge in [-0.15, -0.1) is 0 Å². The summed E-state index contributed by atoms with van der Waals surface area (Å²) in [5, 5.41) is 7.00. The van der Waals surface area contributed by atoms with Gasteiger partial charge < -0.3 is 15.4 Å². The Morgan fingerprint density at radius 3 is 2.63 bits per heavy atom. The molecule has 0 aliphatic heterocycles. The van der Waals surface area contributed by atoms with Crippen molar-refractivity contribution in [1.82, 2.24) is 4.98 Å². The van der Waals surface area contributed by atoms with Gasteiger partial charge in [-0.25, -0.2) is 4.98 Å². The van der Waals surface area contributed by atoms with Gasteiger partial charge in [0.2, 0.25) is 0 Å². The lowest BCUT2D eigenvalue weighted by Crippen LogP contribution is -2.19. The second-order valence-corrected chi connectivity index (χ2v) is 4.46. The number of nitrogens with one attached hydrogen (secondary N) is 2. The van der Waals surface area contributed by atoms with Crippen LogP contribution in [0.5, 0.6) is 5.75 Å². The molecule has 0 aliphatic rings. The Kier molecular flexibility index (Phi) is 4.54. The summed E-state index contributed by atoms with van der Waals surface area (Å²) in [6.07, 6.45) is 1.61. The zero-order valence-corrected chi connectivity index (χ0v) is 11.8. The number of ether oxygens (including phenoxy) is 1. The number of hydrogen-bond donors (Lipinski definition) is 2. The van der Waals surface area contributed by atoms with Gasteiger partial charge in [-0.05, 0) is 36.5 Å². The van der Waals surface area contributed by atoms with Crippen LogP contribution in [0.4, 0.5) is 11.5 Å². The van der Waals surface area contributed by atoms with Crippen molar-refractivity contribution in [2.45, 2.75) is 0 Å². The topological polar surface area (TPSA) is 46.2 Å². The van der Waals surface area contributed by atoms with Crippen LogP contribution in [-0.2, 0) is 0 Å². The van der Waals surface area contributed by atoms with Gasteiger partial charge in [-0.1, -0.05) is 23.7 Å². The lowest BCUT2D eigenvalue weighted by atomic mass is 10.3. The Morgan fingerprint density at radius 1 is 1.21 bits per heavy atom. The zero-order chi connectivity index (χ0) is 13.7. The predicted molar refractivity (Wildman–Crippen MR) is 82.1 cm³/mol. The van der Waals surface area contributed by atoms with Gasteiger partial charge in [0, 0.05) is 0 Å². The molecule has 0 saturated carbocycles. The fourth-order valence-electron chi connectivity index (χ4n) is 1.41. The highest BCUT2D eigenvalue weighted by Crippen LogP contribution is 2.20. The maximum absolute atomic E-state index is 6.03. The van der Waals surface area contributed by atoms with Crippen molar-refractivity contribution in [2.75, 3.05) is 17.7 Å². The lowest BCUT2D eigenvalue weighted by molar-refractivity contribution is 0.413. The van der Waals surface area contributed by atoms with E-state index < -0.39 is 0 Å². The molecule has 1 aromatic carbocycles. The van der Waals surface area contributed by atoms with Crippen molar-refractivity contribution in [2.24, 2.45) is 0 Å². The van der Waals surface area contributed by atoms with Crippen LogP contribution < -0.4 is 15.4 Å². The van der Waals surface area contributed by atoms with Gasteiger partial charge in [0.25, 0.3) is 0 Å². The van der Waals surface area contributed by atoms with Gasteiger partial charge >= 0.3 is 0 Å². The van der Waals surface area contributed by atoms with Gasteiger partial charge in [-0.2, -0.15) is 0 Å². The number of para-hydroxylation sites is 1. The molecule has 0 bridgehead atoms. The van der Waals surface area contributed by atoms with E-state index in [0.717, 1.165) is 5.69 Å². The minimum atomic E-state index is 0.422. The van der Waals surface area contributed by atoms with Crippen LogP contribution in [0.2, 0.25) is 5.02 Å². The molecular formula is C13H12ClN3OS. The number of aromatic nitrogens is 1. The molecule has 6 heteroatoms. The van der Waals surface area contributed by atoms with E-state index in [4.69, 9.17) is 28.6 Å². The second-order valence-electron chi connectivity index (χ2n) is 3.64. The highest BCUT2D eigenvalue weighted by Gasteiger charge is 2.03. The Balaban J connectivity index is 1.99. The summed E-state index contributed by atoms with van der Waals surface area (Å²) < 4.78 is 5.03. The number of halogens is 1. The molecule has 0 amide bonds. The first-order valence-corrected chi connectivity index (χ1v) is 6.30. The summed E-state index contributed by atoms with van der Waals surface area (Å²) in [4.78, 5) is 4.16. The summed E-state index contributed by atoms with van der Waals surface area (Å²) in [6, 6.07) is 10.9. The van der Waals surface area contributed by atoms with Crippen LogP contribution in [0.15, 0.2) is 42.6 Å². The number of nitrogens with zero attached hydrogens (tertiary/aromatic N) is 1. The molecule has 4 nitrogen and oxygen atoms in total. The molecule has 0 aliphatic carbocycles. The molecule has 0 spiro atoms. The third kappa shape index (κ3) is 3.81. The molecule has 2 rings (SSSR count). The molecule has 1 aromatic heterocycles. The van der Waals surface area contributed by atoms with Gasteiger partial charge in [0.05, 0.1) is 24.0 Å². The molecule has 0 radical (unpaired) electrons. The van der Waals surface area contributed by atoms with E-state index in [1.165, 1.54) is 0 Å². The molecule has 0 atom stereocenters. The quantitative estimate of drug-likeness (QED) is 0.848. The molecule has 0 fully saturated rings. The van der Waals surface area contributed by atoms with E-state index in [-0.39, 0.29) is 0 Å². The molecule has 0 unspecified atom stereocenters. The van der Waals surface area contributed by atoms with E-state index in [1.807, 2.05) is 18.2 Å². The van der Waals surface area contributed by atoms with Gasteiger partial charge in [0.1, 0.15) is 11.6 Å². The average Bonchev–Trinajstić information content (AvgIpc) is 2.42. The van der Waals surface area contributed by atoms with E-state index in [0.29, 0.717) is 21.7 Å². The van der Waals surface area contributed by atoms with E-state index >= 15 is 0 Å². The molecule has 98 valence electrons. The summed E-state index contributed by atoms with van der Waals surface area (Å²) in [6.45, 7) is 0. The molecule has 19 heavy (non-hydrogen) atoms. The van der Waals surface area contributed by atoms with E-state index in [2.05, 4.69) is 15.6 Å². The average molecular weight is 294 g/mol. The second kappa shape index (κ2) is 6.36. The van der Waals surface area contributed by atoms with Crippen molar-refractivity contribution in [3.8, 4) is 5.75 Å².